The topological polar surface area (TPSA) is 176 Å². The first-order valence-electron chi connectivity index (χ1n) is 12.3. The van der Waals surface area contributed by atoms with Crippen molar-refractivity contribution in [2.45, 2.75) is 32.5 Å². The Labute approximate surface area is 226 Å². The summed E-state index contributed by atoms with van der Waals surface area (Å²) >= 11 is 0. The van der Waals surface area contributed by atoms with Crippen LogP contribution >= 0.6 is 0 Å². The highest BCUT2D eigenvalue weighted by Gasteiger charge is 2.31. The number of halogens is 1. The first-order valence-corrected chi connectivity index (χ1v) is 12.3. The van der Waals surface area contributed by atoms with Crippen LogP contribution in [0.15, 0.2) is 30.5 Å². The molecular weight excluding hydrogens is 527 g/mol. The van der Waals surface area contributed by atoms with Gasteiger partial charge >= 0.3 is 0 Å². The summed E-state index contributed by atoms with van der Waals surface area (Å²) < 4.78 is 20.7. The first-order chi connectivity index (χ1) is 19.1. The van der Waals surface area contributed by atoms with Gasteiger partial charge in [-0.2, -0.15) is 5.10 Å². The van der Waals surface area contributed by atoms with Gasteiger partial charge in [0.15, 0.2) is 18.1 Å². The Kier molecular flexibility index (Phi) is 7.02. The van der Waals surface area contributed by atoms with Crippen molar-refractivity contribution in [1.29, 1.82) is 0 Å². The van der Waals surface area contributed by atoms with Gasteiger partial charge in [-0.3, -0.25) is 24.0 Å². The molecule has 40 heavy (non-hydrogen) atoms. The summed E-state index contributed by atoms with van der Waals surface area (Å²) in [4.78, 5) is 67.0. The van der Waals surface area contributed by atoms with Crippen molar-refractivity contribution in [2.75, 3.05) is 25.0 Å². The van der Waals surface area contributed by atoms with Gasteiger partial charge in [0.25, 0.3) is 17.7 Å². The Morgan fingerprint density at radius 3 is 2.73 bits per heavy atom. The molecule has 2 aromatic heterocycles. The van der Waals surface area contributed by atoms with Crippen LogP contribution in [0, 0.1) is 5.82 Å². The molecule has 1 atom stereocenters. The van der Waals surface area contributed by atoms with Crippen LogP contribution in [0.5, 0.6) is 5.75 Å². The number of anilines is 1. The Balaban J connectivity index is 1.27. The Bertz CT molecular complexity index is 1550. The molecule has 0 unspecified atom stereocenters. The van der Waals surface area contributed by atoms with Crippen LogP contribution in [-0.4, -0.2) is 80.8 Å². The number of nitrogens with zero attached hydrogens (tertiary/aromatic N) is 4. The van der Waals surface area contributed by atoms with E-state index in [1.165, 1.54) is 13.8 Å². The molecule has 4 heterocycles. The number of nitrogens with one attached hydrogen (secondary N) is 4. The van der Waals surface area contributed by atoms with Gasteiger partial charge in [-0.05, 0) is 24.6 Å². The zero-order valence-electron chi connectivity index (χ0n) is 21.5. The third-order valence-corrected chi connectivity index (χ3v) is 6.44. The molecule has 0 bridgehead atoms. The van der Waals surface area contributed by atoms with E-state index >= 15 is 0 Å². The molecule has 0 saturated carbocycles. The molecular formula is C25H25FN8O6. The van der Waals surface area contributed by atoms with Crippen LogP contribution in [0.3, 0.4) is 0 Å². The summed E-state index contributed by atoms with van der Waals surface area (Å²) in [6.45, 7) is 3.63. The summed E-state index contributed by atoms with van der Waals surface area (Å²) in [6, 6.07) is 4.95. The molecule has 1 aromatic carbocycles. The molecule has 1 saturated heterocycles. The standard InChI is InChI=1S/C25H25FN8O6/c1-12(23(37)30-15-9-33(10-15)13(2)35)29-25(39)19-6-18(32-22-16(26)8-28-34(19)22)24(38)27-7-14-3-4-20-17(5-14)31-21(36)11-40-20/h3-6,8,12,15H,7,9-11H2,1-2H3,(H,27,38)(H,29,39)(H,30,37)(H,31,36)/t12-/m0/s1. The largest absolute Gasteiger partial charge is 0.482 e. The molecule has 14 nitrogen and oxygen atoms in total. The van der Waals surface area contributed by atoms with E-state index in [4.69, 9.17) is 4.74 Å². The maximum absolute atomic E-state index is 14.4. The summed E-state index contributed by atoms with van der Waals surface area (Å²) in [7, 11) is 0. The van der Waals surface area contributed by atoms with E-state index < -0.39 is 29.6 Å². The molecule has 1 fully saturated rings. The summed E-state index contributed by atoms with van der Waals surface area (Å²) in [5, 5.41) is 14.4. The third-order valence-electron chi connectivity index (χ3n) is 6.44. The van der Waals surface area contributed by atoms with E-state index in [1.807, 2.05) is 0 Å². The number of fused-ring (bicyclic) bond motifs is 2. The van der Waals surface area contributed by atoms with Crippen molar-refractivity contribution < 1.29 is 33.1 Å². The van der Waals surface area contributed by atoms with Crippen molar-refractivity contribution in [3.05, 3.63) is 53.2 Å². The third kappa shape index (κ3) is 5.39. The zero-order chi connectivity index (χ0) is 28.6. The van der Waals surface area contributed by atoms with Gasteiger partial charge in [0.1, 0.15) is 23.2 Å². The fraction of sp³-hybridized carbons (Fsp3) is 0.320. The average molecular weight is 553 g/mol. The quantitative estimate of drug-likeness (QED) is 0.306. The van der Waals surface area contributed by atoms with Crippen LogP contribution in [0.1, 0.15) is 40.4 Å². The number of amides is 5. The second-order valence-electron chi connectivity index (χ2n) is 9.43. The van der Waals surface area contributed by atoms with Gasteiger partial charge in [-0.15, -0.1) is 0 Å². The number of carbonyl (C=O) groups excluding carboxylic acids is 5. The van der Waals surface area contributed by atoms with E-state index in [2.05, 4.69) is 31.3 Å². The number of carbonyl (C=O) groups is 5. The van der Waals surface area contributed by atoms with Crippen molar-refractivity contribution in [3.63, 3.8) is 0 Å². The lowest BCUT2D eigenvalue weighted by Gasteiger charge is -2.39. The van der Waals surface area contributed by atoms with Crippen molar-refractivity contribution in [1.82, 2.24) is 35.4 Å². The summed E-state index contributed by atoms with van der Waals surface area (Å²) in [6.07, 6.45) is 0.859. The summed E-state index contributed by atoms with van der Waals surface area (Å²) in [5.74, 6) is -2.68. The predicted molar refractivity (Wildman–Crippen MR) is 136 cm³/mol. The molecule has 208 valence electrons. The van der Waals surface area contributed by atoms with Gasteiger partial charge in [-0.25, -0.2) is 13.9 Å². The average Bonchev–Trinajstić information content (AvgIpc) is 3.28. The van der Waals surface area contributed by atoms with E-state index in [-0.39, 0.29) is 48.0 Å². The zero-order valence-corrected chi connectivity index (χ0v) is 21.5. The second kappa shape index (κ2) is 10.6. The van der Waals surface area contributed by atoms with Gasteiger partial charge < -0.3 is 30.9 Å². The van der Waals surface area contributed by atoms with E-state index in [0.29, 0.717) is 30.1 Å². The first kappa shape index (κ1) is 26.5. The molecule has 4 N–H and O–H groups in total. The molecule has 3 aromatic rings. The smallest absolute Gasteiger partial charge is 0.270 e. The van der Waals surface area contributed by atoms with Crippen LogP contribution in [0.4, 0.5) is 10.1 Å². The lowest BCUT2D eigenvalue weighted by atomic mass is 10.1. The number of benzene rings is 1. The fourth-order valence-corrected chi connectivity index (χ4v) is 4.22. The molecule has 15 heteroatoms. The van der Waals surface area contributed by atoms with E-state index in [0.717, 1.165) is 16.8 Å². The number of aromatic nitrogens is 3. The lowest BCUT2D eigenvalue weighted by molar-refractivity contribution is -0.136. The van der Waals surface area contributed by atoms with E-state index in [9.17, 15) is 28.4 Å². The minimum atomic E-state index is -0.978. The van der Waals surface area contributed by atoms with Gasteiger partial charge in [0.05, 0.1) is 17.9 Å². The minimum Gasteiger partial charge on any atom is -0.482 e. The fourth-order valence-electron chi connectivity index (χ4n) is 4.22. The second-order valence-corrected chi connectivity index (χ2v) is 9.43. The lowest BCUT2D eigenvalue weighted by Crippen LogP contribution is -2.62. The monoisotopic (exact) mass is 552 g/mol. The van der Waals surface area contributed by atoms with Crippen molar-refractivity contribution in [3.8, 4) is 5.75 Å². The predicted octanol–water partition coefficient (Wildman–Crippen LogP) is -0.405. The van der Waals surface area contributed by atoms with Crippen molar-refractivity contribution >= 4 is 40.9 Å². The Hall–Kier alpha value is -5.08. The molecule has 2 aliphatic heterocycles. The Morgan fingerprint density at radius 2 is 1.98 bits per heavy atom. The molecule has 0 radical (unpaired) electrons. The molecule has 5 rings (SSSR count). The normalized spacial score (nSPS) is 15.3. The molecule has 2 aliphatic rings. The number of likely N-dealkylation sites (tertiary alicyclic amines) is 1. The number of hydrogen-bond acceptors (Lipinski definition) is 8. The molecule has 0 spiro atoms. The van der Waals surface area contributed by atoms with Crippen LogP contribution in [-0.2, 0) is 20.9 Å². The van der Waals surface area contributed by atoms with Crippen LogP contribution in [0.25, 0.3) is 5.65 Å². The van der Waals surface area contributed by atoms with Gasteiger partial charge in [-0.1, -0.05) is 6.07 Å². The molecule has 5 amide bonds. The number of rotatable bonds is 7. The highest BCUT2D eigenvalue weighted by Crippen LogP contribution is 2.28. The SMILES string of the molecule is CC(=O)N1CC(NC(=O)[C@H](C)NC(=O)c2cc(C(=O)NCc3ccc4c(c3)NC(=O)CO4)nc3c(F)cnn23)C1. The number of hydrogen-bond donors (Lipinski definition) is 4. The number of ether oxygens (including phenoxy) is 1. The van der Waals surface area contributed by atoms with E-state index in [1.54, 1.807) is 23.1 Å². The van der Waals surface area contributed by atoms with Crippen molar-refractivity contribution in [2.24, 2.45) is 0 Å². The van der Waals surface area contributed by atoms with Gasteiger partial charge in [0.2, 0.25) is 11.8 Å². The minimum absolute atomic E-state index is 0.0392. The highest BCUT2D eigenvalue weighted by atomic mass is 19.1. The maximum Gasteiger partial charge on any atom is 0.270 e. The van der Waals surface area contributed by atoms with Crippen LogP contribution in [0.2, 0.25) is 0 Å². The van der Waals surface area contributed by atoms with Gasteiger partial charge in [0, 0.05) is 32.6 Å². The maximum atomic E-state index is 14.4. The highest BCUT2D eigenvalue weighted by molar-refractivity contribution is 6.00. The Morgan fingerprint density at radius 1 is 1.20 bits per heavy atom. The summed E-state index contributed by atoms with van der Waals surface area (Å²) in [5.41, 5.74) is 0.309. The van der Waals surface area contributed by atoms with Crippen LogP contribution < -0.4 is 26.0 Å². The molecule has 0 aliphatic carbocycles.